The highest BCUT2D eigenvalue weighted by molar-refractivity contribution is 9.10. The average Bonchev–Trinajstić information content (AvgIpc) is 3.19. The molecule has 1 aliphatic rings. The monoisotopic (exact) mass is 464 g/mol. The smallest absolute Gasteiger partial charge is 0.248 e. The van der Waals surface area contributed by atoms with Crippen LogP contribution in [0.2, 0.25) is 0 Å². The number of benzene rings is 2. The SMILES string of the molecule is COc1ccc(NC(=O)C2CSCN2C(=O)C=Cc2cc(Br)ccc2F)cc1. The first kappa shape index (κ1) is 20.4. The van der Waals surface area contributed by atoms with E-state index < -0.39 is 11.9 Å². The third kappa shape index (κ3) is 4.94. The molecule has 2 amide bonds. The Labute approximate surface area is 175 Å². The van der Waals surface area contributed by atoms with Gasteiger partial charge in [-0.15, -0.1) is 11.8 Å². The predicted molar refractivity (Wildman–Crippen MR) is 113 cm³/mol. The molecular weight excluding hydrogens is 447 g/mol. The highest BCUT2D eigenvalue weighted by Crippen LogP contribution is 2.24. The normalized spacial score (nSPS) is 16.4. The summed E-state index contributed by atoms with van der Waals surface area (Å²) in [4.78, 5) is 26.7. The van der Waals surface area contributed by atoms with E-state index in [4.69, 9.17) is 4.74 Å². The Hall–Kier alpha value is -2.32. The first-order valence-corrected chi connectivity index (χ1v) is 10.4. The summed E-state index contributed by atoms with van der Waals surface area (Å²) in [7, 11) is 1.57. The Morgan fingerprint density at radius 1 is 1.29 bits per heavy atom. The minimum Gasteiger partial charge on any atom is -0.497 e. The van der Waals surface area contributed by atoms with Gasteiger partial charge in [0, 0.05) is 27.6 Å². The van der Waals surface area contributed by atoms with E-state index in [9.17, 15) is 14.0 Å². The maximum absolute atomic E-state index is 13.8. The van der Waals surface area contributed by atoms with Gasteiger partial charge in [-0.05, 0) is 48.5 Å². The molecule has 146 valence electrons. The van der Waals surface area contributed by atoms with E-state index in [1.807, 2.05) is 0 Å². The first-order chi connectivity index (χ1) is 13.5. The second kappa shape index (κ2) is 9.25. The van der Waals surface area contributed by atoms with E-state index in [1.54, 1.807) is 43.5 Å². The van der Waals surface area contributed by atoms with Crippen LogP contribution >= 0.6 is 27.7 Å². The van der Waals surface area contributed by atoms with Crippen molar-refractivity contribution in [2.75, 3.05) is 24.1 Å². The van der Waals surface area contributed by atoms with Crippen molar-refractivity contribution in [1.82, 2.24) is 4.90 Å². The number of nitrogens with one attached hydrogen (secondary N) is 1. The van der Waals surface area contributed by atoms with Crippen LogP contribution in [0.1, 0.15) is 5.56 Å². The zero-order valence-electron chi connectivity index (χ0n) is 15.0. The number of anilines is 1. The summed E-state index contributed by atoms with van der Waals surface area (Å²) < 4.78 is 19.6. The number of thioether (sulfide) groups is 1. The molecule has 1 fully saturated rings. The fourth-order valence-corrected chi connectivity index (χ4v) is 4.22. The summed E-state index contributed by atoms with van der Waals surface area (Å²) in [6.07, 6.45) is 2.72. The van der Waals surface area contributed by atoms with Crippen LogP contribution in [0, 0.1) is 5.82 Å². The molecule has 1 N–H and O–H groups in total. The fraction of sp³-hybridized carbons (Fsp3) is 0.200. The van der Waals surface area contributed by atoms with Crippen LogP contribution in [0.4, 0.5) is 10.1 Å². The second-order valence-electron chi connectivity index (χ2n) is 6.04. The molecule has 0 bridgehead atoms. The number of hydrogen-bond acceptors (Lipinski definition) is 4. The number of halogens is 2. The van der Waals surface area contributed by atoms with Gasteiger partial charge in [0.25, 0.3) is 0 Å². The number of ether oxygens (including phenoxy) is 1. The number of carbonyl (C=O) groups is 2. The van der Waals surface area contributed by atoms with Crippen LogP contribution in [0.5, 0.6) is 5.75 Å². The molecule has 1 unspecified atom stereocenters. The molecule has 1 heterocycles. The van der Waals surface area contributed by atoms with Gasteiger partial charge in [-0.3, -0.25) is 9.59 Å². The Morgan fingerprint density at radius 2 is 2.04 bits per heavy atom. The first-order valence-electron chi connectivity index (χ1n) is 8.44. The minimum absolute atomic E-state index is 0.259. The highest BCUT2D eigenvalue weighted by Gasteiger charge is 2.33. The standard InChI is InChI=1S/C20H18BrFN2O3S/c1-27-16-6-4-15(5-7-16)23-20(26)18-11-28-12-24(18)19(25)9-2-13-10-14(21)3-8-17(13)22/h2-10,18H,11-12H2,1H3,(H,23,26). The van der Waals surface area contributed by atoms with Crippen LogP contribution in [-0.2, 0) is 9.59 Å². The van der Waals surface area contributed by atoms with Crippen molar-refractivity contribution < 1.29 is 18.7 Å². The Kier molecular flexibility index (Phi) is 6.74. The number of nitrogens with zero attached hydrogens (tertiary/aromatic N) is 1. The van der Waals surface area contributed by atoms with Crippen molar-refractivity contribution in [1.29, 1.82) is 0 Å². The van der Waals surface area contributed by atoms with Crippen molar-refractivity contribution >= 4 is 51.3 Å². The number of carbonyl (C=O) groups excluding carboxylic acids is 2. The molecule has 1 saturated heterocycles. The Balaban J connectivity index is 1.67. The number of methoxy groups -OCH3 is 1. The lowest BCUT2D eigenvalue weighted by Crippen LogP contribution is -2.43. The minimum atomic E-state index is -0.586. The van der Waals surface area contributed by atoms with Crippen LogP contribution in [0.3, 0.4) is 0 Å². The third-order valence-corrected chi connectivity index (χ3v) is 5.69. The van der Waals surface area contributed by atoms with Crippen molar-refractivity contribution in [3.8, 4) is 5.75 Å². The van der Waals surface area contributed by atoms with Crippen molar-refractivity contribution in [2.45, 2.75) is 6.04 Å². The molecule has 2 aromatic carbocycles. The summed E-state index contributed by atoms with van der Waals surface area (Å²) in [6, 6.07) is 10.9. The number of amides is 2. The molecule has 2 aromatic rings. The largest absolute Gasteiger partial charge is 0.497 e. The van der Waals surface area contributed by atoms with Gasteiger partial charge in [0.15, 0.2) is 0 Å². The zero-order valence-corrected chi connectivity index (χ0v) is 17.4. The molecule has 0 aromatic heterocycles. The second-order valence-corrected chi connectivity index (χ2v) is 7.96. The Bertz CT molecular complexity index is 905. The third-order valence-electron chi connectivity index (χ3n) is 4.19. The molecule has 28 heavy (non-hydrogen) atoms. The summed E-state index contributed by atoms with van der Waals surface area (Å²) in [5.74, 6) is 0.593. The predicted octanol–water partition coefficient (Wildman–Crippen LogP) is 4.15. The van der Waals surface area contributed by atoms with Crippen molar-refractivity contribution in [3.05, 3.63) is 64.4 Å². The molecule has 5 nitrogen and oxygen atoms in total. The van der Waals surface area contributed by atoms with Crippen molar-refractivity contribution in [3.63, 3.8) is 0 Å². The van der Waals surface area contributed by atoms with Crippen molar-refractivity contribution in [2.24, 2.45) is 0 Å². The van der Waals surface area contributed by atoms with E-state index in [2.05, 4.69) is 21.2 Å². The Morgan fingerprint density at radius 3 is 2.75 bits per heavy atom. The molecule has 0 aliphatic carbocycles. The summed E-state index contributed by atoms with van der Waals surface area (Å²) in [6.45, 7) is 0. The lowest BCUT2D eigenvalue weighted by Gasteiger charge is -2.21. The van der Waals surface area contributed by atoms with Gasteiger partial charge in [0.1, 0.15) is 17.6 Å². The zero-order chi connectivity index (χ0) is 20.1. The van der Waals surface area contributed by atoms with E-state index in [-0.39, 0.29) is 11.8 Å². The van der Waals surface area contributed by atoms with Gasteiger partial charge in [0.05, 0.1) is 13.0 Å². The van der Waals surface area contributed by atoms with Gasteiger partial charge in [-0.2, -0.15) is 0 Å². The maximum Gasteiger partial charge on any atom is 0.248 e. The lowest BCUT2D eigenvalue weighted by molar-refractivity contribution is -0.132. The quantitative estimate of drug-likeness (QED) is 0.675. The van der Waals surface area contributed by atoms with Gasteiger partial charge < -0.3 is 15.0 Å². The van der Waals surface area contributed by atoms with Gasteiger partial charge in [0.2, 0.25) is 11.8 Å². The molecular formula is C20H18BrFN2O3S. The van der Waals surface area contributed by atoms with E-state index in [0.717, 1.165) is 4.47 Å². The molecule has 0 saturated carbocycles. The molecule has 8 heteroatoms. The summed E-state index contributed by atoms with van der Waals surface area (Å²) in [5, 5.41) is 2.82. The van der Waals surface area contributed by atoms with E-state index >= 15 is 0 Å². The van der Waals surface area contributed by atoms with Crippen LogP contribution in [-0.4, -0.2) is 41.5 Å². The van der Waals surface area contributed by atoms with Gasteiger partial charge >= 0.3 is 0 Å². The lowest BCUT2D eigenvalue weighted by atomic mass is 10.2. The highest BCUT2D eigenvalue weighted by atomic mass is 79.9. The average molecular weight is 465 g/mol. The maximum atomic E-state index is 13.8. The van der Waals surface area contributed by atoms with Gasteiger partial charge in [-0.25, -0.2) is 4.39 Å². The number of rotatable bonds is 5. The van der Waals surface area contributed by atoms with E-state index in [1.165, 1.54) is 34.9 Å². The number of hydrogen-bond donors (Lipinski definition) is 1. The molecule has 1 aliphatic heterocycles. The topological polar surface area (TPSA) is 58.6 Å². The fourth-order valence-electron chi connectivity index (χ4n) is 2.68. The summed E-state index contributed by atoms with van der Waals surface area (Å²) in [5.41, 5.74) is 0.927. The molecule has 3 rings (SSSR count). The van der Waals surface area contributed by atoms with Crippen LogP contribution in [0.15, 0.2) is 53.0 Å². The van der Waals surface area contributed by atoms with Crippen LogP contribution < -0.4 is 10.1 Å². The molecule has 0 spiro atoms. The summed E-state index contributed by atoms with van der Waals surface area (Å²) >= 11 is 4.78. The van der Waals surface area contributed by atoms with E-state index in [0.29, 0.717) is 28.6 Å². The van der Waals surface area contributed by atoms with Crippen LogP contribution in [0.25, 0.3) is 6.08 Å². The molecule has 1 atom stereocenters. The van der Waals surface area contributed by atoms with Gasteiger partial charge in [-0.1, -0.05) is 15.9 Å². The molecule has 0 radical (unpaired) electrons.